The molecule has 0 spiro atoms. The third kappa shape index (κ3) is 5.06. The van der Waals surface area contributed by atoms with Gasteiger partial charge in [0.2, 0.25) is 0 Å². The van der Waals surface area contributed by atoms with Crippen LogP contribution in [0.3, 0.4) is 0 Å². The summed E-state index contributed by atoms with van der Waals surface area (Å²) >= 11 is 0. The van der Waals surface area contributed by atoms with Gasteiger partial charge in [-0.3, -0.25) is 4.79 Å². The Morgan fingerprint density at radius 1 is 1.32 bits per heavy atom. The van der Waals surface area contributed by atoms with E-state index >= 15 is 0 Å². The molecule has 0 saturated heterocycles. The molecule has 0 unspecified atom stereocenters. The number of halogens is 2. The van der Waals surface area contributed by atoms with Gasteiger partial charge in [0.25, 0.3) is 5.91 Å². The fraction of sp³-hybridized carbons (Fsp3) is 0.455. The minimum absolute atomic E-state index is 0.00922. The molecule has 1 amide bonds. The lowest BCUT2D eigenvalue weighted by Gasteiger charge is -2.22. The van der Waals surface area contributed by atoms with Gasteiger partial charge >= 0.3 is 0 Å². The zero-order valence-corrected chi connectivity index (χ0v) is 17.2. The highest BCUT2D eigenvalue weighted by atomic mass is 19.1. The van der Waals surface area contributed by atoms with Crippen LogP contribution in [0.4, 0.5) is 8.78 Å². The van der Waals surface area contributed by atoms with E-state index < -0.39 is 17.7 Å². The number of nitrogens with one attached hydrogen (secondary N) is 2. The molecule has 1 aliphatic rings. The van der Waals surface area contributed by atoms with Crippen molar-refractivity contribution in [1.29, 1.82) is 0 Å². The van der Waals surface area contributed by atoms with Crippen LogP contribution in [0.5, 0.6) is 0 Å². The van der Waals surface area contributed by atoms with E-state index in [2.05, 4.69) is 29.3 Å². The summed E-state index contributed by atoms with van der Waals surface area (Å²) in [5, 5.41) is 6.22. The Hall–Kier alpha value is -2.50. The number of carbonyl (C=O) groups excluding carboxylic acids is 1. The summed E-state index contributed by atoms with van der Waals surface area (Å²) in [4.78, 5) is 17.2. The lowest BCUT2D eigenvalue weighted by Crippen LogP contribution is -2.32. The minimum atomic E-state index is -0.686. The fourth-order valence-electron chi connectivity index (χ4n) is 3.14. The van der Waals surface area contributed by atoms with E-state index in [1.54, 1.807) is 6.92 Å². The molecule has 28 heavy (non-hydrogen) atoms. The topological polar surface area (TPSA) is 53.5 Å². The second-order valence-electron chi connectivity index (χ2n) is 7.76. The van der Waals surface area contributed by atoms with Crippen molar-refractivity contribution < 1.29 is 13.6 Å². The first-order valence-corrected chi connectivity index (χ1v) is 9.53. The van der Waals surface area contributed by atoms with Crippen LogP contribution in [0.25, 0.3) is 0 Å². The van der Waals surface area contributed by atoms with Crippen LogP contribution in [0.1, 0.15) is 65.5 Å². The second-order valence-corrected chi connectivity index (χ2v) is 7.76. The fourth-order valence-corrected chi connectivity index (χ4v) is 3.14. The van der Waals surface area contributed by atoms with Crippen LogP contribution in [0.15, 0.2) is 45.7 Å². The molecule has 4 nitrogen and oxygen atoms in total. The number of hydrogen-bond acceptors (Lipinski definition) is 3. The highest BCUT2D eigenvalue weighted by Crippen LogP contribution is 2.36. The highest BCUT2D eigenvalue weighted by molar-refractivity contribution is 5.98. The van der Waals surface area contributed by atoms with Crippen LogP contribution in [-0.2, 0) is 4.79 Å². The highest BCUT2D eigenvalue weighted by Gasteiger charge is 2.38. The molecule has 0 aromatic heterocycles. The van der Waals surface area contributed by atoms with Gasteiger partial charge in [-0.1, -0.05) is 18.6 Å². The number of carbonyl (C=O) groups is 1. The molecular formula is C22H29F2N3O. The Bertz CT molecular complexity index is 834. The molecule has 1 aromatic rings. The zero-order valence-electron chi connectivity index (χ0n) is 17.2. The number of rotatable bonds is 8. The Morgan fingerprint density at radius 2 is 1.96 bits per heavy atom. The van der Waals surface area contributed by atoms with Gasteiger partial charge in [0, 0.05) is 28.3 Å². The van der Waals surface area contributed by atoms with Crippen LogP contribution >= 0.6 is 0 Å². The van der Waals surface area contributed by atoms with Crippen molar-refractivity contribution >= 4 is 12.6 Å². The largest absolute Gasteiger partial charge is 0.365 e. The normalized spacial score (nSPS) is 16.5. The summed E-state index contributed by atoms with van der Waals surface area (Å²) in [5.41, 5.74) is 2.33. The smallest absolute Gasteiger partial charge is 0.252 e. The number of aliphatic imine (C=N–C) groups is 1. The van der Waals surface area contributed by atoms with Gasteiger partial charge in [0.05, 0.1) is 6.04 Å². The van der Waals surface area contributed by atoms with Gasteiger partial charge in [0.1, 0.15) is 17.5 Å². The average molecular weight is 389 g/mol. The first-order valence-electron chi connectivity index (χ1n) is 9.53. The second kappa shape index (κ2) is 8.67. The molecule has 0 radical (unpaired) electrons. The van der Waals surface area contributed by atoms with Crippen LogP contribution in [-0.4, -0.2) is 18.2 Å². The van der Waals surface area contributed by atoms with E-state index in [1.165, 1.54) is 12.1 Å². The van der Waals surface area contributed by atoms with Crippen molar-refractivity contribution in [2.45, 2.75) is 65.5 Å². The Balaban J connectivity index is 2.32. The molecule has 6 heteroatoms. The Labute approximate surface area is 165 Å². The van der Waals surface area contributed by atoms with E-state index in [1.807, 2.05) is 20.8 Å². The molecule has 0 bridgehead atoms. The number of amides is 1. The number of benzene rings is 1. The molecule has 1 saturated carbocycles. The number of nitrogens with zero attached hydrogens (tertiary/aromatic N) is 1. The van der Waals surface area contributed by atoms with Crippen molar-refractivity contribution in [3.63, 3.8) is 0 Å². The van der Waals surface area contributed by atoms with E-state index in [4.69, 9.17) is 0 Å². The standard InChI is InChI=1S/C22H29F2N3O/c1-7-16(20(25-6)27-22(5)10-11-22)19(13(2)3)21(28)26-14(4)17-9-8-15(23)12-18(17)24/h8-9,12,14,27H,6-7,10-11H2,1-5H3,(H,26,28)/b20-16-/t14-/m0/s1. The third-order valence-corrected chi connectivity index (χ3v) is 5.02. The van der Waals surface area contributed by atoms with Crippen LogP contribution < -0.4 is 10.6 Å². The predicted molar refractivity (Wildman–Crippen MR) is 109 cm³/mol. The first-order chi connectivity index (χ1) is 13.1. The SMILES string of the molecule is C=N/C(NC1(C)CC1)=C(\CC)C(C(=O)N[C@@H](C)c1ccc(F)cc1F)=C(C)C. The predicted octanol–water partition coefficient (Wildman–Crippen LogP) is 4.94. The molecule has 1 aliphatic carbocycles. The molecule has 1 fully saturated rings. The summed E-state index contributed by atoms with van der Waals surface area (Å²) in [6, 6.07) is 2.73. The van der Waals surface area contributed by atoms with E-state index in [0.29, 0.717) is 17.8 Å². The van der Waals surface area contributed by atoms with E-state index in [0.717, 1.165) is 30.1 Å². The molecule has 0 heterocycles. The third-order valence-electron chi connectivity index (χ3n) is 5.02. The minimum Gasteiger partial charge on any atom is -0.365 e. The van der Waals surface area contributed by atoms with Crippen molar-refractivity contribution in [1.82, 2.24) is 10.6 Å². The number of hydrogen-bond donors (Lipinski definition) is 2. The van der Waals surface area contributed by atoms with Gasteiger partial charge in [-0.25, -0.2) is 13.8 Å². The Kier molecular flexibility index (Phi) is 6.75. The monoisotopic (exact) mass is 389 g/mol. The summed E-state index contributed by atoms with van der Waals surface area (Å²) in [6.07, 6.45) is 2.67. The van der Waals surface area contributed by atoms with Gasteiger partial charge in [0.15, 0.2) is 0 Å². The molecule has 0 aliphatic heterocycles. The molecule has 1 atom stereocenters. The van der Waals surface area contributed by atoms with Crippen molar-refractivity contribution in [2.24, 2.45) is 4.99 Å². The van der Waals surface area contributed by atoms with Crippen molar-refractivity contribution in [2.75, 3.05) is 0 Å². The summed E-state index contributed by atoms with van der Waals surface area (Å²) < 4.78 is 27.2. The summed E-state index contributed by atoms with van der Waals surface area (Å²) in [7, 11) is 0. The molecule has 1 aromatic carbocycles. The summed E-state index contributed by atoms with van der Waals surface area (Å²) in [6.45, 7) is 13.1. The lowest BCUT2D eigenvalue weighted by molar-refractivity contribution is -0.118. The van der Waals surface area contributed by atoms with Gasteiger partial charge in [-0.2, -0.15) is 0 Å². The quantitative estimate of drug-likeness (QED) is 0.376. The van der Waals surface area contributed by atoms with Gasteiger partial charge < -0.3 is 10.6 Å². The maximum absolute atomic E-state index is 14.1. The maximum Gasteiger partial charge on any atom is 0.252 e. The maximum atomic E-state index is 14.1. The number of allylic oxidation sites excluding steroid dienone is 1. The summed E-state index contributed by atoms with van der Waals surface area (Å²) in [5.74, 6) is -1.05. The lowest BCUT2D eigenvalue weighted by atomic mass is 9.97. The van der Waals surface area contributed by atoms with Gasteiger partial charge in [-0.05, 0) is 59.7 Å². The van der Waals surface area contributed by atoms with E-state index in [9.17, 15) is 13.6 Å². The Morgan fingerprint density at radius 3 is 2.43 bits per heavy atom. The van der Waals surface area contributed by atoms with Crippen molar-refractivity contribution in [3.05, 3.63) is 57.9 Å². The average Bonchev–Trinajstić information content (AvgIpc) is 3.34. The van der Waals surface area contributed by atoms with Gasteiger partial charge in [-0.15, -0.1) is 0 Å². The van der Waals surface area contributed by atoms with E-state index in [-0.39, 0.29) is 17.0 Å². The van der Waals surface area contributed by atoms with Crippen LogP contribution in [0.2, 0.25) is 0 Å². The molecular weight excluding hydrogens is 360 g/mol. The molecule has 2 rings (SSSR count). The molecule has 152 valence electrons. The first kappa shape index (κ1) is 21.8. The van der Waals surface area contributed by atoms with Crippen LogP contribution in [0, 0.1) is 11.6 Å². The molecule has 2 N–H and O–H groups in total. The van der Waals surface area contributed by atoms with Crippen molar-refractivity contribution in [3.8, 4) is 0 Å². The zero-order chi connectivity index (χ0) is 21.1.